The molecule has 1 saturated heterocycles. The fraction of sp³-hybridized carbons (Fsp3) is 0.645. The molecule has 5 fully saturated rings. The van der Waals surface area contributed by atoms with E-state index in [1.165, 1.54) is 19.2 Å². The van der Waals surface area contributed by atoms with E-state index in [1.54, 1.807) is 20.8 Å². The lowest BCUT2D eigenvalue weighted by atomic mass is 9.47. The van der Waals surface area contributed by atoms with Gasteiger partial charge in [0.05, 0.1) is 16.6 Å². The number of methoxy groups -OCH3 is 1. The molecule has 2 heterocycles. The summed E-state index contributed by atoms with van der Waals surface area (Å²) in [6.07, 6.45) is -2.99. The minimum absolute atomic E-state index is 0.0259. The largest absolute Gasteiger partial charge is 0.507 e. The number of fused-ring (bicyclic) bond motifs is 1. The number of aliphatic hydroxyl groups is 1. The Labute approximate surface area is 247 Å². The van der Waals surface area contributed by atoms with Gasteiger partial charge in [0.25, 0.3) is 0 Å². The standard InChI is InChI=1S/C31H38FNO10/c1-14-19(40-27-22(36)24(42-28(33)38)25(39-4)29(2,3)43-27)6-5-17-21(35)18(26(37)41-23(14)17)8-20(34)30-9-15-7-16(10-30)12-31(32,11-15)13-30/h5-6,15-16,22,24-25,27,35-36H,7-13H2,1-4H3,(H2,33,38)/t15?,16?,22-,24+,25-,27-,30?,31?/m1/s1. The van der Waals surface area contributed by atoms with E-state index in [9.17, 15) is 24.6 Å². The van der Waals surface area contributed by atoms with E-state index in [4.69, 9.17) is 29.1 Å². The van der Waals surface area contributed by atoms with Crippen LogP contribution in [0.15, 0.2) is 21.3 Å². The second kappa shape index (κ2) is 10.2. The molecule has 4 aliphatic carbocycles. The molecule has 6 atom stereocenters. The molecule has 7 rings (SSSR count). The van der Waals surface area contributed by atoms with Gasteiger partial charge in [0.15, 0.2) is 12.2 Å². The number of aliphatic hydroxyl groups excluding tert-OH is 1. The number of hydrogen-bond acceptors (Lipinski definition) is 10. The van der Waals surface area contributed by atoms with Crippen molar-refractivity contribution in [3.8, 4) is 11.5 Å². The number of nitrogens with two attached hydrogens (primary N) is 1. The second-order valence-electron chi connectivity index (χ2n) is 13.5. The first-order chi connectivity index (χ1) is 20.1. The van der Waals surface area contributed by atoms with E-state index < -0.39 is 53.0 Å². The zero-order valence-electron chi connectivity index (χ0n) is 24.7. The van der Waals surface area contributed by atoms with Gasteiger partial charge < -0.3 is 39.3 Å². The summed E-state index contributed by atoms with van der Waals surface area (Å²) in [4.78, 5) is 38.3. The number of rotatable bonds is 7. The lowest BCUT2D eigenvalue weighted by Crippen LogP contribution is -2.65. The van der Waals surface area contributed by atoms with Crippen LogP contribution >= 0.6 is 0 Å². The van der Waals surface area contributed by atoms with Crippen LogP contribution in [0.4, 0.5) is 9.18 Å². The molecule has 1 aromatic heterocycles. The average molecular weight is 604 g/mol. The fourth-order valence-electron chi connectivity index (χ4n) is 8.58. The van der Waals surface area contributed by atoms with Crippen molar-refractivity contribution >= 4 is 22.8 Å². The van der Waals surface area contributed by atoms with Crippen molar-refractivity contribution in [2.24, 2.45) is 23.0 Å². The lowest BCUT2D eigenvalue weighted by molar-refractivity contribution is -0.304. The highest BCUT2D eigenvalue weighted by molar-refractivity contribution is 5.92. The third-order valence-corrected chi connectivity index (χ3v) is 10.0. The molecule has 11 nitrogen and oxygen atoms in total. The Morgan fingerprint density at radius 3 is 2.44 bits per heavy atom. The molecule has 1 aromatic carbocycles. The number of alkyl halides is 1. The maximum absolute atomic E-state index is 15.5. The number of amides is 1. The van der Waals surface area contributed by atoms with Gasteiger partial charge in [-0.05, 0) is 83.3 Å². The van der Waals surface area contributed by atoms with Gasteiger partial charge in [0.1, 0.15) is 34.6 Å². The van der Waals surface area contributed by atoms with E-state index >= 15 is 4.39 Å². The highest BCUT2D eigenvalue weighted by Crippen LogP contribution is 2.63. The first-order valence-corrected chi connectivity index (χ1v) is 14.7. The Morgan fingerprint density at radius 1 is 1.16 bits per heavy atom. The molecule has 5 aliphatic rings. The zero-order valence-corrected chi connectivity index (χ0v) is 24.7. The molecule has 1 aliphatic heterocycles. The van der Waals surface area contributed by atoms with Crippen molar-refractivity contribution in [2.75, 3.05) is 7.11 Å². The van der Waals surface area contributed by atoms with Gasteiger partial charge >= 0.3 is 11.7 Å². The summed E-state index contributed by atoms with van der Waals surface area (Å²) in [5, 5.41) is 22.3. The first-order valence-electron chi connectivity index (χ1n) is 14.7. The number of halogens is 1. The molecule has 4 bridgehead atoms. The van der Waals surface area contributed by atoms with Crippen LogP contribution in [0.25, 0.3) is 11.0 Å². The summed E-state index contributed by atoms with van der Waals surface area (Å²) in [7, 11) is 1.38. The van der Waals surface area contributed by atoms with Crippen LogP contribution < -0.4 is 16.1 Å². The summed E-state index contributed by atoms with van der Waals surface area (Å²) in [5.41, 5.74) is 1.32. The van der Waals surface area contributed by atoms with E-state index in [1.807, 2.05) is 0 Å². The van der Waals surface area contributed by atoms with Crippen LogP contribution in [0.3, 0.4) is 0 Å². The van der Waals surface area contributed by atoms with Gasteiger partial charge in [-0.2, -0.15) is 0 Å². The van der Waals surface area contributed by atoms with E-state index in [-0.39, 0.29) is 58.5 Å². The number of primary amides is 1. The van der Waals surface area contributed by atoms with Crippen molar-refractivity contribution in [1.29, 1.82) is 0 Å². The predicted molar refractivity (Wildman–Crippen MR) is 149 cm³/mol. The quantitative estimate of drug-likeness (QED) is 0.398. The van der Waals surface area contributed by atoms with Crippen LogP contribution in [0.5, 0.6) is 11.5 Å². The molecule has 4 N–H and O–H groups in total. The summed E-state index contributed by atoms with van der Waals surface area (Å²) in [6, 6.07) is 2.98. The normalized spacial score (nSPS) is 36.0. The Kier molecular flexibility index (Phi) is 7.06. The summed E-state index contributed by atoms with van der Waals surface area (Å²) in [6.45, 7) is 4.94. The van der Waals surface area contributed by atoms with Gasteiger partial charge in [0, 0.05) is 24.5 Å². The van der Waals surface area contributed by atoms with Crippen LogP contribution in [0.1, 0.15) is 63.5 Å². The van der Waals surface area contributed by atoms with Crippen molar-refractivity contribution < 1.29 is 47.6 Å². The summed E-state index contributed by atoms with van der Waals surface area (Å²) < 4.78 is 43.6. The minimum Gasteiger partial charge on any atom is -0.507 e. The van der Waals surface area contributed by atoms with Crippen molar-refractivity contribution in [1.82, 2.24) is 0 Å². The molecule has 0 spiro atoms. The van der Waals surface area contributed by atoms with E-state index in [0.29, 0.717) is 31.2 Å². The number of benzene rings is 1. The monoisotopic (exact) mass is 603 g/mol. The van der Waals surface area contributed by atoms with Gasteiger partial charge in [-0.15, -0.1) is 0 Å². The molecule has 0 radical (unpaired) electrons. The number of carbonyl (C=O) groups excluding carboxylic acids is 2. The number of hydrogen-bond donors (Lipinski definition) is 3. The Bertz CT molecular complexity index is 1520. The Morgan fingerprint density at radius 2 is 1.84 bits per heavy atom. The maximum atomic E-state index is 15.5. The van der Waals surface area contributed by atoms with E-state index in [0.717, 1.165) is 6.42 Å². The van der Waals surface area contributed by atoms with Gasteiger partial charge in [-0.3, -0.25) is 4.79 Å². The smallest absolute Gasteiger partial charge is 0.404 e. The molecule has 2 aromatic rings. The molecule has 12 heteroatoms. The first kappa shape index (κ1) is 29.8. The fourth-order valence-corrected chi connectivity index (χ4v) is 8.58. The van der Waals surface area contributed by atoms with Gasteiger partial charge in [-0.1, -0.05) is 0 Å². The minimum atomic E-state index is -1.50. The third-order valence-electron chi connectivity index (χ3n) is 10.0. The van der Waals surface area contributed by atoms with Gasteiger partial charge in [0.2, 0.25) is 6.29 Å². The molecular formula is C31H38FNO10. The topological polar surface area (TPSA) is 168 Å². The summed E-state index contributed by atoms with van der Waals surface area (Å²) in [5.74, 6) is -0.0900. The predicted octanol–water partition coefficient (Wildman–Crippen LogP) is 3.58. The third kappa shape index (κ3) is 4.97. The van der Waals surface area contributed by atoms with Crippen LogP contribution in [-0.2, 0) is 25.4 Å². The lowest BCUT2D eigenvalue weighted by Gasteiger charge is -2.58. The van der Waals surface area contributed by atoms with Gasteiger partial charge in [-0.25, -0.2) is 14.0 Å². The van der Waals surface area contributed by atoms with E-state index in [2.05, 4.69) is 0 Å². The van der Waals surface area contributed by atoms with Crippen LogP contribution in [0.2, 0.25) is 0 Å². The molecule has 4 saturated carbocycles. The number of carbonyl (C=O) groups is 2. The van der Waals surface area contributed by atoms with Crippen molar-refractivity contribution in [3.63, 3.8) is 0 Å². The number of aromatic hydroxyl groups is 1. The second-order valence-corrected chi connectivity index (χ2v) is 13.5. The average Bonchev–Trinajstić information content (AvgIpc) is 2.89. The molecular weight excluding hydrogens is 565 g/mol. The number of Topliss-reactive ketones (excluding diaryl/α,β-unsaturated/α-hetero) is 1. The number of ketones is 1. The maximum Gasteiger partial charge on any atom is 0.404 e. The van der Waals surface area contributed by atoms with Crippen LogP contribution in [0, 0.1) is 24.2 Å². The SMILES string of the molecule is CO[C@@H]1[C@@H](OC(N)=O)[C@@H](O)[C@H](Oc2ccc3c(O)c(CC(=O)C45CC6CC(CC(F)(C6)C4)C5)c(=O)oc3c2C)OC1(C)C. The number of ether oxygens (including phenoxy) is 4. The molecule has 1 amide bonds. The van der Waals surface area contributed by atoms with Crippen molar-refractivity contribution in [2.45, 2.75) is 102 Å². The Balaban J connectivity index is 1.27. The highest BCUT2D eigenvalue weighted by atomic mass is 19.1. The Hall–Kier alpha value is -3.22. The van der Waals surface area contributed by atoms with Crippen molar-refractivity contribution in [3.05, 3.63) is 33.7 Å². The highest BCUT2D eigenvalue weighted by Gasteiger charge is 2.61. The molecule has 43 heavy (non-hydrogen) atoms. The summed E-state index contributed by atoms with van der Waals surface area (Å²) >= 11 is 0. The number of aryl methyl sites for hydroxylation is 1. The zero-order chi connectivity index (χ0) is 31.1. The van der Waals surface area contributed by atoms with Crippen LogP contribution in [-0.4, -0.2) is 65.1 Å². The molecule has 234 valence electrons. The molecule has 2 unspecified atom stereocenters.